The van der Waals surface area contributed by atoms with E-state index >= 15 is 0 Å². The summed E-state index contributed by atoms with van der Waals surface area (Å²) >= 11 is 9.23. The SMILES string of the molecule is CC(C)CCCS(CC(C)C)=P([O-])([O-])[S-].CC(C)CCCS(CC(C)C)=P([O-])([O-])[S-].[Zn+2].[Zn+2].[Zn+2]. The van der Waals surface area contributed by atoms with Crippen molar-refractivity contribution in [3.8, 4) is 0 Å². The quantitative estimate of drug-likeness (QED) is 0.174. The van der Waals surface area contributed by atoms with E-state index in [2.05, 4.69) is 52.2 Å². The van der Waals surface area contributed by atoms with Crippen molar-refractivity contribution in [3.05, 3.63) is 0 Å². The fourth-order valence-corrected chi connectivity index (χ4v) is 13.8. The van der Waals surface area contributed by atoms with Gasteiger partial charge in [0, 0.05) is 0 Å². The van der Waals surface area contributed by atoms with Crippen LogP contribution in [0.15, 0.2) is 0 Å². The van der Waals surface area contributed by atoms with Gasteiger partial charge in [-0.3, -0.25) is 0 Å². The van der Waals surface area contributed by atoms with E-state index in [0.29, 0.717) is 23.7 Å². The van der Waals surface area contributed by atoms with Crippen molar-refractivity contribution in [2.75, 3.05) is 23.0 Å². The summed E-state index contributed by atoms with van der Waals surface area (Å²) in [5, 5.41) is 0. The second-order valence-corrected chi connectivity index (χ2v) is 24.8. The molecule has 0 spiro atoms. The van der Waals surface area contributed by atoms with Crippen LogP contribution in [0.25, 0.3) is 0 Å². The first-order valence-corrected chi connectivity index (χ1v) is 20.5. The zero-order chi connectivity index (χ0) is 24.1. The van der Waals surface area contributed by atoms with Gasteiger partial charge >= 0.3 is 58.4 Å². The third-order valence-corrected chi connectivity index (χ3v) is 18.5. The van der Waals surface area contributed by atoms with Gasteiger partial charge in [-0.1, -0.05) is 68.2 Å². The van der Waals surface area contributed by atoms with Gasteiger partial charge in [0.15, 0.2) is 0 Å². The van der Waals surface area contributed by atoms with Crippen molar-refractivity contribution in [3.63, 3.8) is 0 Å². The third kappa shape index (κ3) is 32.1. The Hall–Kier alpha value is 3.97. The monoisotopic (exact) mass is 730 g/mol. The molecule has 0 aliphatic heterocycles. The number of rotatable bonds is 12. The molecule has 0 radical (unpaired) electrons. The van der Waals surface area contributed by atoms with E-state index in [-0.39, 0.29) is 58.4 Å². The maximum absolute atomic E-state index is 11.4. The third-order valence-electron chi connectivity index (χ3n) is 4.01. The summed E-state index contributed by atoms with van der Waals surface area (Å²) < 4.78 is 0. The fourth-order valence-electron chi connectivity index (χ4n) is 2.66. The molecule has 0 heterocycles. The van der Waals surface area contributed by atoms with Crippen molar-refractivity contribution in [1.82, 2.24) is 0 Å². The molecule has 4 nitrogen and oxygen atoms in total. The number of hydrogen-bond acceptors (Lipinski definition) is 6. The molecule has 0 fully saturated rings. The van der Waals surface area contributed by atoms with E-state index in [1.165, 1.54) is 0 Å². The van der Waals surface area contributed by atoms with Crippen molar-refractivity contribution in [2.24, 2.45) is 23.7 Å². The van der Waals surface area contributed by atoms with E-state index in [0.717, 1.165) is 48.7 Å². The summed E-state index contributed by atoms with van der Waals surface area (Å²) in [6, 6.07) is 0. The molecule has 0 aromatic heterocycles. The molecule has 188 valence electrons. The summed E-state index contributed by atoms with van der Waals surface area (Å²) in [6.07, 6.45) is 4.15. The van der Waals surface area contributed by atoms with Gasteiger partial charge in [-0.25, -0.2) is 20.1 Å². The number of hydrogen-bond donors (Lipinski definition) is 0. The van der Waals surface area contributed by atoms with Crippen LogP contribution in [0.1, 0.15) is 81.1 Å². The molecular formula is C20H44O4P2S4Zn3. The summed E-state index contributed by atoms with van der Waals surface area (Å²) in [7, 11) is -1.15. The Bertz CT molecular complexity index is 515. The predicted octanol–water partition coefficient (Wildman–Crippen LogP) is 3.28. The molecule has 0 aliphatic carbocycles. The van der Waals surface area contributed by atoms with Crippen LogP contribution in [0.2, 0.25) is 0 Å². The van der Waals surface area contributed by atoms with E-state index in [1.807, 2.05) is 27.7 Å². The molecule has 0 aliphatic rings. The Morgan fingerprint density at radius 3 is 0.939 bits per heavy atom. The first-order chi connectivity index (χ1) is 13.5. The van der Waals surface area contributed by atoms with E-state index in [4.69, 9.17) is 0 Å². The molecule has 2 unspecified atom stereocenters. The molecule has 0 bridgehead atoms. The molecule has 0 aromatic rings. The summed E-state index contributed by atoms with van der Waals surface area (Å²) in [5.41, 5.74) is -7.06. The summed E-state index contributed by atoms with van der Waals surface area (Å²) in [5.74, 6) is 5.12. The summed E-state index contributed by atoms with van der Waals surface area (Å²) in [4.78, 5) is 45.6. The van der Waals surface area contributed by atoms with Crippen molar-refractivity contribution >= 4 is 56.0 Å². The standard InChI is InChI=1S/2C10H22O2PS2.3Zn/c2*1-9(2)6-5-7-15(8-10(3)4)13(11,12)14;;;/h2*9-10H,5-8H2,1-4H3;;;/q2*-3;3*+2. The maximum atomic E-state index is 11.4. The second-order valence-electron chi connectivity index (χ2n) is 9.42. The molecule has 0 saturated heterocycles. The Labute approximate surface area is 259 Å². The van der Waals surface area contributed by atoms with Crippen LogP contribution in [-0.2, 0) is 103 Å². The normalized spacial score (nSPS) is 13.6. The molecule has 0 saturated carbocycles. The Kier molecular flexibility index (Phi) is 35.4. The Morgan fingerprint density at radius 2 is 0.788 bits per heavy atom. The zero-order valence-corrected chi connectivity index (χ0v) is 36.2. The van der Waals surface area contributed by atoms with Crippen LogP contribution < -0.4 is 19.6 Å². The topological polar surface area (TPSA) is 92.2 Å². The maximum Gasteiger partial charge on any atom is 2.00 e. The molecular weight excluding hydrogens is 691 g/mol. The largest absolute Gasteiger partial charge is 2.00 e. The van der Waals surface area contributed by atoms with Gasteiger partial charge < -0.3 is 55.5 Å². The van der Waals surface area contributed by atoms with Gasteiger partial charge in [0.25, 0.3) is 0 Å². The minimum Gasteiger partial charge on any atom is -0.854 e. The summed E-state index contributed by atoms with van der Waals surface area (Å²) in [6.45, 7) is 16.8. The second kappa shape index (κ2) is 25.0. The molecule has 0 N–H and O–H groups in total. The molecule has 13 heteroatoms. The van der Waals surface area contributed by atoms with E-state index in [9.17, 15) is 19.6 Å². The smallest absolute Gasteiger partial charge is 0.854 e. The van der Waals surface area contributed by atoms with Crippen molar-refractivity contribution in [1.29, 1.82) is 0 Å². The minimum atomic E-state index is -3.53. The molecule has 0 rings (SSSR count). The van der Waals surface area contributed by atoms with E-state index in [1.54, 1.807) is 0 Å². The fraction of sp³-hybridized carbons (Fsp3) is 1.00. The van der Waals surface area contributed by atoms with Crippen LogP contribution in [0, 0.1) is 23.7 Å². The van der Waals surface area contributed by atoms with Gasteiger partial charge in [0.2, 0.25) is 0 Å². The van der Waals surface area contributed by atoms with E-state index < -0.39 is 31.5 Å². The molecule has 33 heavy (non-hydrogen) atoms. The van der Waals surface area contributed by atoms with Crippen molar-refractivity contribution in [2.45, 2.75) is 81.1 Å². The Balaban J connectivity index is -0.000000145. The Morgan fingerprint density at radius 1 is 0.545 bits per heavy atom. The van der Waals surface area contributed by atoms with Crippen LogP contribution >= 0.6 is 11.4 Å². The van der Waals surface area contributed by atoms with Gasteiger partial charge in [-0.05, 0) is 59.5 Å². The predicted molar refractivity (Wildman–Crippen MR) is 141 cm³/mol. The average Bonchev–Trinajstić information content (AvgIpc) is 2.50. The first kappa shape index (κ1) is 46.8. The van der Waals surface area contributed by atoms with Crippen LogP contribution in [0.5, 0.6) is 0 Å². The van der Waals surface area contributed by atoms with Crippen molar-refractivity contribution < 1.29 is 78.0 Å². The first-order valence-electron chi connectivity index (χ1n) is 10.9. The minimum absolute atomic E-state index is 0. The zero-order valence-electron chi connectivity index (χ0n) is 22.2. The molecule has 2 atom stereocenters. The molecule has 0 aromatic carbocycles. The van der Waals surface area contributed by atoms with Crippen LogP contribution in [0.3, 0.4) is 0 Å². The van der Waals surface area contributed by atoms with Gasteiger partial charge in [-0.15, -0.1) is 0 Å². The van der Waals surface area contributed by atoms with Gasteiger partial charge in [0.1, 0.15) is 0 Å². The average molecular weight is 735 g/mol. The molecule has 0 amide bonds. The van der Waals surface area contributed by atoms with Gasteiger partial charge in [0.05, 0.1) is 0 Å². The van der Waals surface area contributed by atoms with Crippen LogP contribution in [0.4, 0.5) is 0 Å². The van der Waals surface area contributed by atoms with Crippen LogP contribution in [-0.4, -0.2) is 23.0 Å². The van der Waals surface area contributed by atoms with Gasteiger partial charge in [-0.2, -0.15) is 0 Å².